The Morgan fingerprint density at radius 2 is 1.82 bits per heavy atom. The molecular weight excluding hydrogens is 533 g/mol. The van der Waals surface area contributed by atoms with Gasteiger partial charge in [0, 0.05) is 23.2 Å². The molecule has 6 nitrogen and oxygen atoms in total. The average molecular weight is 565 g/mol. The summed E-state index contributed by atoms with van der Waals surface area (Å²) >= 11 is 0. The van der Waals surface area contributed by atoms with Gasteiger partial charge in [-0.25, -0.2) is 8.78 Å². The van der Waals surface area contributed by atoms with Crippen molar-refractivity contribution in [1.82, 2.24) is 20.4 Å². The minimum Gasteiger partial charge on any atom is -0.392 e. The number of carbonyl (C=O) groups excluding carboxylic acids is 1. The van der Waals surface area contributed by atoms with Crippen LogP contribution >= 0.6 is 0 Å². The van der Waals surface area contributed by atoms with E-state index in [0.717, 1.165) is 10.9 Å². The number of allylic oxidation sites excluding steroid dienone is 3. The molecule has 1 heterocycles. The second kappa shape index (κ2) is 13.1. The smallest absolute Gasteiger partial charge is 0.392 e. The van der Waals surface area contributed by atoms with Crippen LogP contribution in [0.5, 0.6) is 0 Å². The summed E-state index contributed by atoms with van der Waals surface area (Å²) in [4.78, 5) is 12.9. The van der Waals surface area contributed by atoms with Crippen molar-refractivity contribution >= 4 is 5.91 Å². The molecule has 2 rings (SSSR count). The number of alkyl halides is 5. The van der Waals surface area contributed by atoms with E-state index in [9.17, 15) is 35.5 Å². The number of hydrogen-bond acceptors (Lipinski definition) is 4. The van der Waals surface area contributed by atoms with E-state index in [1.807, 2.05) is 12.2 Å². The molecule has 1 aromatic carbocycles. The van der Waals surface area contributed by atoms with Gasteiger partial charge in [0.1, 0.15) is 11.6 Å². The number of nitrogens with zero attached hydrogens (tertiary/aromatic N) is 2. The van der Waals surface area contributed by atoms with E-state index in [1.54, 1.807) is 19.1 Å². The largest absolute Gasteiger partial charge is 0.435 e. The summed E-state index contributed by atoms with van der Waals surface area (Å²) in [6.07, 6.45) is 0.290. The maximum absolute atomic E-state index is 14.7. The topological polar surface area (TPSA) is 79.2 Å². The Bertz CT molecular complexity index is 1200. The van der Waals surface area contributed by atoms with Crippen molar-refractivity contribution in [3.05, 3.63) is 65.0 Å². The van der Waals surface area contributed by atoms with Crippen molar-refractivity contribution in [2.24, 2.45) is 5.92 Å². The van der Waals surface area contributed by atoms with Crippen molar-refractivity contribution in [1.29, 1.82) is 0 Å². The zero-order valence-electron chi connectivity index (χ0n) is 21.8. The van der Waals surface area contributed by atoms with Gasteiger partial charge in [0.15, 0.2) is 5.69 Å². The Morgan fingerprint density at radius 3 is 2.38 bits per heavy atom. The minimum absolute atomic E-state index is 0.0884. The zero-order valence-corrected chi connectivity index (χ0v) is 21.8. The molecule has 1 unspecified atom stereocenters. The molecule has 3 N–H and O–H groups in total. The third-order valence-corrected chi connectivity index (χ3v) is 5.61. The van der Waals surface area contributed by atoms with Gasteiger partial charge in [-0.1, -0.05) is 26.0 Å². The molecule has 39 heavy (non-hydrogen) atoms. The van der Waals surface area contributed by atoms with Gasteiger partial charge in [0.05, 0.1) is 24.4 Å². The Balaban J connectivity index is 2.33. The molecule has 0 radical (unpaired) electrons. The van der Waals surface area contributed by atoms with Crippen LogP contribution in [0.2, 0.25) is 0 Å². The lowest BCUT2D eigenvalue weighted by atomic mass is 9.97. The standard InChI is InChI=1S/C26H31F7N4O2/c1-5-6-7-16(12-34-24(29)30)8-15(2)23(39)35-25(3,4)14-37-21(11-22(36-37)26(31,32)33)18-10-19(27)17(13-38)9-20(18)28/h6-7,9-12,15,24,34,38H,5,8,13-14H2,1-4H3,(H,35,39)/b7-6+,16-12+. The van der Waals surface area contributed by atoms with E-state index >= 15 is 0 Å². The fraction of sp³-hybridized carbons (Fsp3) is 0.462. The number of aliphatic hydroxyl groups excluding tert-OH is 1. The first-order valence-corrected chi connectivity index (χ1v) is 12.0. The lowest BCUT2D eigenvalue weighted by Crippen LogP contribution is -2.48. The Kier molecular flexibility index (Phi) is 10.7. The van der Waals surface area contributed by atoms with Crippen LogP contribution in [-0.4, -0.2) is 32.9 Å². The predicted molar refractivity (Wildman–Crippen MR) is 131 cm³/mol. The van der Waals surface area contributed by atoms with E-state index in [1.165, 1.54) is 13.8 Å². The van der Waals surface area contributed by atoms with Crippen LogP contribution in [0.3, 0.4) is 0 Å². The fourth-order valence-corrected chi connectivity index (χ4v) is 3.73. The van der Waals surface area contributed by atoms with Crippen LogP contribution in [-0.2, 0) is 24.1 Å². The van der Waals surface area contributed by atoms with E-state index < -0.39 is 59.6 Å². The molecule has 216 valence electrons. The summed E-state index contributed by atoms with van der Waals surface area (Å²) in [6.45, 7) is 2.47. The molecule has 1 aromatic heterocycles. The van der Waals surface area contributed by atoms with Gasteiger partial charge in [-0.15, -0.1) is 0 Å². The SMILES string of the molecule is CC/C=C/C(=C\NC(F)F)CC(C)C(=O)NC(C)(C)Cn1nc(C(F)(F)F)cc1-c1cc(F)c(CO)cc1F. The van der Waals surface area contributed by atoms with Crippen LogP contribution < -0.4 is 10.6 Å². The molecule has 0 aliphatic rings. The van der Waals surface area contributed by atoms with Crippen molar-refractivity contribution in [2.45, 2.75) is 72.0 Å². The number of amides is 1. The highest BCUT2D eigenvalue weighted by atomic mass is 19.4. The number of nitrogens with one attached hydrogen (secondary N) is 2. The van der Waals surface area contributed by atoms with Gasteiger partial charge in [0.25, 0.3) is 0 Å². The molecule has 1 atom stereocenters. The number of carbonyl (C=O) groups is 1. The molecule has 13 heteroatoms. The summed E-state index contributed by atoms with van der Waals surface area (Å²) in [7, 11) is 0. The molecule has 0 aliphatic heterocycles. The molecule has 0 bridgehead atoms. The van der Waals surface area contributed by atoms with Gasteiger partial charge >= 0.3 is 12.7 Å². The molecule has 0 fully saturated rings. The van der Waals surface area contributed by atoms with Gasteiger partial charge in [0.2, 0.25) is 5.91 Å². The van der Waals surface area contributed by atoms with Crippen LogP contribution in [0, 0.1) is 17.6 Å². The molecule has 1 amide bonds. The fourth-order valence-electron chi connectivity index (χ4n) is 3.73. The zero-order chi connectivity index (χ0) is 29.5. The molecule has 0 saturated heterocycles. The Morgan fingerprint density at radius 1 is 1.15 bits per heavy atom. The van der Waals surface area contributed by atoms with Crippen LogP contribution in [0.15, 0.2) is 42.1 Å². The third kappa shape index (κ3) is 9.12. The summed E-state index contributed by atoms with van der Waals surface area (Å²) < 4.78 is 95.3. The quantitative estimate of drug-likeness (QED) is 0.170. The van der Waals surface area contributed by atoms with Crippen molar-refractivity contribution in [2.75, 3.05) is 0 Å². The maximum Gasteiger partial charge on any atom is 0.435 e. The molecule has 2 aromatic rings. The molecule has 0 spiro atoms. The average Bonchev–Trinajstić information content (AvgIpc) is 3.24. The molecule has 0 saturated carbocycles. The molecule has 0 aliphatic carbocycles. The first kappa shape index (κ1) is 31.9. The van der Waals surface area contributed by atoms with Crippen molar-refractivity contribution in [3.8, 4) is 11.3 Å². The number of aliphatic hydroxyl groups is 1. The lowest BCUT2D eigenvalue weighted by molar-refractivity contribution is -0.141. The predicted octanol–water partition coefficient (Wildman–Crippen LogP) is 5.92. The van der Waals surface area contributed by atoms with Crippen LogP contribution in [0.4, 0.5) is 30.7 Å². The third-order valence-electron chi connectivity index (χ3n) is 5.61. The first-order chi connectivity index (χ1) is 18.1. The van der Waals surface area contributed by atoms with Crippen molar-refractivity contribution in [3.63, 3.8) is 0 Å². The van der Waals surface area contributed by atoms with Gasteiger partial charge < -0.3 is 15.7 Å². The highest BCUT2D eigenvalue weighted by Crippen LogP contribution is 2.34. The summed E-state index contributed by atoms with van der Waals surface area (Å²) in [5.41, 5.74) is -3.39. The van der Waals surface area contributed by atoms with E-state index in [-0.39, 0.29) is 24.2 Å². The Hall–Kier alpha value is -3.35. The van der Waals surface area contributed by atoms with E-state index in [2.05, 4.69) is 10.4 Å². The molecular formula is C26H31F7N4O2. The number of rotatable bonds is 12. The highest BCUT2D eigenvalue weighted by Gasteiger charge is 2.36. The van der Waals surface area contributed by atoms with Crippen LogP contribution in [0.1, 0.15) is 51.8 Å². The summed E-state index contributed by atoms with van der Waals surface area (Å²) in [5.74, 6) is -3.31. The van der Waals surface area contributed by atoms with Gasteiger partial charge in [-0.05, 0) is 50.5 Å². The summed E-state index contributed by atoms with van der Waals surface area (Å²) in [5, 5.41) is 17.3. The second-order valence-corrected chi connectivity index (χ2v) is 9.63. The number of aromatic nitrogens is 2. The number of halogens is 7. The maximum atomic E-state index is 14.7. The Labute approximate surface area is 221 Å². The van der Waals surface area contributed by atoms with Gasteiger partial charge in [-0.3, -0.25) is 9.48 Å². The number of benzene rings is 1. The monoisotopic (exact) mass is 564 g/mol. The van der Waals surface area contributed by atoms with E-state index in [0.29, 0.717) is 30.2 Å². The number of hydrogen-bond donors (Lipinski definition) is 3. The normalized spacial score (nSPS) is 13.8. The van der Waals surface area contributed by atoms with E-state index in [4.69, 9.17) is 5.11 Å². The second-order valence-electron chi connectivity index (χ2n) is 9.63. The summed E-state index contributed by atoms with van der Waals surface area (Å²) in [6, 6.07) is 1.93. The lowest BCUT2D eigenvalue weighted by Gasteiger charge is -2.29. The first-order valence-electron chi connectivity index (χ1n) is 12.0. The highest BCUT2D eigenvalue weighted by molar-refractivity contribution is 5.79. The van der Waals surface area contributed by atoms with Gasteiger partial charge in [-0.2, -0.15) is 27.1 Å². The van der Waals surface area contributed by atoms with Crippen molar-refractivity contribution < 1.29 is 40.6 Å². The minimum atomic E-state index is -4.89. The van der Waals surface area contributed by atoms with Crippen LogP contribution in [0.25, 0.3) is 11.3 Å².